The molecule has 2 rings (SSSR count). The van der Waals surface area contributed by atoms with E-state index in [4.69, 9.17) is 0 Å². The van der Waals surface area contributed by atoms with Crippen LogP contribution in [0.2, 0.25) is 0 Å². The van der Waals surface area contributed by atoms with Crippen LogP contribution in [0.3, 0.4) is 0 Å². The number of hydrogen-bond acceptors (Lipinski definition) is 2. The first-order valence-electron chi connectivity index (χ1n) is 4.16. The summed E-state index contributed by atoms with van der Waals surface area (Å²) >= 11 is 3.35. The van der Waals surface area contributed by atoms with Crippen LogP contribution in [0.1, 0.15) is 0 Å². The van der Waals surface area contributed by atoms with Gasteiger partial charge in [-0.15, -0.1) is 0 Å². The van der Waals surface area contributed by atoms with Crippen LogP contribution in [0.4, 0.5) is 0 Å². The van der Waals surface area contributed by atoms with Crippen LogP contribution in [-0.2, 0) is 0 Å². The van der Waals surface area contributed by atoms with E-state index in [0.717, 1.165) is 15.6 Å². The minimum absolute atomic E-state index is 0.266. The number of pyridine rings is 1. The molecule has 0 aliphatic carbocycles. The molecule has 0 spiro atoms. The smallest absolute Gasteiger partial charge is 0.116 e. The fraction of sp³-hybridized carbons (Fsp3) is 0. The van der Waals surface area contributed by atoms with Gasteiger partial charge in [-0.1, -0.05) is 12.1 Å². The van der Waals surface area contributed by atoms with Gasteiger partial charge in [0, 0.05) is 22.4 Å². The standard InChI is InChI=1S/C11H8BrNO/c12-10-4-9(6-13-7-10)8-2-1-3-11(14)5-8/h1-7,14H. The summed E-state index contributed by atoms with van der Waals surface area (Å²) in [5.41, 5.74) is 1.94. The highest BCUT2D eigenvalue weighted by atomic mass is 79.9. The molecule has 0 bridgehead atoms. The second-order valence-corrected chi connectivity index (χ2v) is 3.86. The Morgan fingerprint density at radius 2 is 1.93 bits per heavy atom. The van der Waals surface area contributed by atoms with Crippen LogP contribution in [0.25, 0.3) is 11.1 Å². The summed E-state index contributed by atoms with van der Waals surface area (Å²) in [6.45, 7) is 0. The molecule has 2 nitrogen and oxygen atoms in total. The van der Waals surface area contributed by atoms with Crippen molar-refractivity contribution in [1.29, 1.82) is 0 Å². The molecule has 1 heterocycles. The van der Waals surface area contributed by atoms with Gasteiger partial charge in [0.15, 0.2) is 0 Å². The summed E-state index contributed by atoms with van der Waals surface area (Å²) in [5, 5.41) is 9.31. The molecule has 0 saturated heterocycles. The Bertz CT molecular complexity index is 413. The molecule has 0 amide bonds. The largest absolute Gasteiger partial charge is 0.508 e. The first kappa shape index (κ1) is 9.21. The predicted octanol–water partition coefficient (Wildman–Crippen LogP) is 3.22. The lowest BCUT2D eigenvalue weighted by molar-refractivity contribution is 0.475. The summed E-state index contributed by atoms with van der Waals surface area (Å²) in [5.74, 6) is 0.266. The van der Waals surface area contributed by atoms with Crippen LogP contribution in [0, 0.1) is 0 Å². The number of phenols is 1. The van der Waals surface area contributed by atoms with E-state index in [2.05, 4.69) is 20.9 Å². The van der Waals surface area contributed by atoms with Crippen LogP contribution < -0.4 is 0 Å². The van der Waals surface area contributed by atoms with Gasteiger partial charge >= 0.3 is 0 Å². The number of phenolic OH excluding ortho intramolecular Hbond substituents is 1. The summed E-state index contributed by atoms with van der Waals surface area (Å²) in [6.07, 6.45) is 3.49. The van der Waals surface area contributed by atoms with E-state index in [-0.39, 0.29) is 5.75 Å². The van der Waals surface area contributed by atoms with Crippen molar-refractivity contribution in [2.75, 3.05) is 0 Å². The fourth-order valence-corrected chi connectivity index (χ4v) is 1.62. The molecule has 0 saturated carbocycles. The summed E-state index contributed by atoms with van der Waals surface area (Å²) in [4.78, 5) is 4.06. The monoisotopic (exact) mass is 249 g/mol. The zero-order chi connectivity index (χ0) is 9.97. The minimum atomic E-state index is 0.266. The van der Waals surface area contributed by atoms with Crippen molar-refractivity contribution in [2.24, 2.45) is 0 Å². The number of nitrogens with zero attached hydrogens (tertiary/aromatic N) is 1. The van der Waals surface area contributed by atoms with Crippen LogP contribution >= 0.6 is 15.9 Å². The first-order valence-corrected chi connectivity index (χ1v) is 4.95. The van der Waals surface area contributed by atoms with Crippen molar-refractivity contribution in [3.05, 3.63) is 47.2 Å². The molecule has 1 N–H and O–H groups in total. The van der Waals surface area contributed by atoms with Crippen molar-refractivity contribution in [1.82, 2.24) is 4.98 Å². The summed E-state index contributed by atoms with van der Waals surface area (Å²) in [7, 11) is 0. The molecule has 0 aliphatic rings. The molecule has 0 fully saturated rings. The highest BCUT2D eigenvalue weighted by molar-refractivity contribution is 9.10. The molecular formula is C11H8BrNO. The van der Waals surface area contributed by atoms with Gasteiger partial charge in [-0.2, -0.15) is 0 Å². The Morgan fingerprint density at radius 3 is 2.64 bits per heavy atom. The van der Waals surface area contributed by atoms with Gasteiger partial charge < -0.3 is 5.11 Å². The van der Waals surface area contributed by atoms with Gasteiger partial charge in [0.25, 0.3) is 0 Å². The zero-order valence-electron chi connectivity index (χ0n) is 7.31. The third-order valence-corrected chi connectivity index (χ3v) is 2.32. The van der Waals surface area contributed by atoms with Crippen molar-refractivity contribution in [3.8, 4) is 16.9 Å². The third kappa shape index (κ3) is 1.93. The Hall–Kier alpha value is -1.35. The maximum absolute atomic E-state index is 9.31. The number of benzene rings is 1. The molecule has 1 aromatic carbocycles. The zero-order valence-corrected chi connectivity index (χ0v) is 8.90. The Labute approximate surface area is 90.4 Å². The van der Waals surface area contributed by atoms with E-state index in [9.17, 15) is 5.11 Å². The molecule has 0 radical (unpaired) electrons. The van der Waals surface area contributed by atoms with Gasteiger partial charge in [-0.3, -0.25) is 4.98 Å². The average molecular weight is 250 g/mol. The molecule has 2 aromatic rings. The number of rotatable bonds is 1. The average Bonchev–Trinajstić information content (AvgIpc) is 2.18. The van der Waals surface area contributed by atoms with E-state index >= 15 is 0 Å². The van der Waals surface area contributed by atoms with Crippen molar-refractivity contribution in [2.45, 2.75) is 0 Å². The van der Waals surface area contributed by atoms with Crippen molar-refractivity contribution >= 4 is 15.9 Å². The number of halogens is 1. The molecule has 14 heavy (non-hydrogen) atoms. The van der Waals surface area contributed by atoms with Crippen molar-refractivity contribution in [3.63, 3.8) is 0 Å². The van der Waals surface area contributed by atoms with Crippen molar-refractivity contribution < 1.29 is 5.11 Å². The normalized spacial score (nSPS) is 10.1. The van der Waals surface area contributed by atoms with E-state index < -0.39 is 0 Å². The predicted molar refractivity (Wildman–Crippen MR) is 59.0 cm³/mol. The lowest BCUT2D eigenvalue weighted by Crippen LogP contribution is -1.79. The number of aromatic nitrogens is 1. The first-order chi connectivity index (χ1) is 6.75. The Balaban J connectivity index is 2.49. The quantitative estimate of drug-likeness (QED) is 0.842. The molecule has 3 heteroatoms. The van der Waals surface area contributed by atoms with E-state index in [1.54, 1.807) is 24.5 Å². The van der Waals surface area contributed by atoms with E-state index in [0.29, 0.717) is 0 Å². The molecule has 0 atom stereocenters. The maximum atomic E-state index is 9.31. The second kappa shape index (κ2) is 3.80. The van der Waals surface area contributed by atoms with E-state index in [1.165, 1.54) is 0 Å². The number of hydrogen-bond donors (Lipinski definition) is 1. The molecule has 0 aliphatic heterocycles. The molecule has 1 aromatic heterocycles. The SMILES string of the molecule is Oc1cccc(-c2cncc(Br)c2)c1. The minimum Gasteiger partial charge on any atom is -0.508 e. The van der Waals surface area contributed by atoms with Gasteiger partial charge in [-0.25, -0.2) is 0 Å². The number of aromatic hydroxyl groups is 1. The summed E-state index contributed by atoms with van der Waals surface area (Å²) < 4.78 is 0.929. The van der Waals surface area contributed by atoms with Crippen LogP contribution in [-0.4, -0.2) is 10.1 Å². The Morgan fingerprint density at radius 1 is 1.07 bits per heavy atom. The molecule has 0 unspecified atom stereocenters. The second-order valence-electron chi connectivity index (χ2n) is 2.94. The van der Waals surface area contributed by atoms with Crippen LogP contribution in [0.15, 0.2) is 47.2 Å². The maximum Gasteiger partial charge on any atom is 0.116 e. The van der Waals surface area contributed by atoms with Gasteiger partial charge in [-0.05, 0) is 39.7 Å². The highest BCUT2D eigenvalue weighted by Crippen LogP contribution is 2.24. The molecular weight excluding hydrogens is 242 g/mol. The lowest BCUT2D eigenvalue weighted by Gasteiger charge is -2.01. The summed E-state index contributed by atoms with van der Waals surface area (Å²) in [6, 6.07) is 9.06. The molecule has 70 valence electrons. The van der Waals surface area contributed by atoms with Gasteiger partial charge in [0.05, 0.1) is 0 Å². The van der Waals surface area contributed by atoms with E-state index in [1.807, 2.05) is 18.2 Å². The van der Waals surface area contributed by atoms with Gasteiger partial charge in [0.1, 0.15) is 5.75 Å². The highest BCUT2D eigenvalue weighted by Gasteiger charge is 1.99. The van der Waals surface area contributed by atoms with Crippen LogP contribution in [0.5, 0.6) is 5.75 Å². The van der Waals surface area contributed by atoms with Gasteiger partial charge in [0.2, 0.25) is 0 Å². The Kier molecular flexibility index (Phi) is 2.50. The fourth-order valence-electron chi connectivity index (χ4n) is 1.26. The topological polar surface area (TPSA) is 33.1 Å². The lowest BCUT2D eigenvalue weighted by atomic mass is 10.1. The third-order valence-electron chi connectivity index (χ3n) is 1.88.